The van der Waals surface area contributed by atoms with E-state index in [1.165, 1.54) is 11.1 Å². The number of rotatable bonds is 8. The summed E-state index contributed by atoms with van der Waals surface area (Å²) in [7, 11) is -3.18. The first-order valence-electron chi connectivity index (χ1n) is 9.18. The number of hydrogen-bond acceptors (Lipinski definition) is 5. The van der Waals surface area contributed by atoms with Gasteiger partial charge >= 0.3 is 0 Å². The number of nitrogens with two attached hydrogens (primary N) is 1. The zero-order chi connectivity index (χ0) is 19.3. The summed E-state index contributed by atoms with van der Waals surface area (Å²) in [6, 6.07) is 16.3. The Morgan fingerprint density at radius 3 is 2.19 bits per heavy atom. The lowest BCUT2D eigenvalue weighted by molar-refractivity contribution is 0.484. The average molecular weight is 387 g/mol. The van der Waals surface area contributed by atoms with Gasteiger partial charge in [0.25, 0.3) is 0 Å². The summed E-state index contributed by atoms with van der Waals surface area (Å²) >= 11 is 0. The predicted octanol–water partition coefficient (Wildman–Crippen LogP) is 2.04. The number of hydrogen-bond donors (Lipinski definition) is 2. The molecule has 0 aromatic heterocycles. The standard InChI is InChI=1S/C20H26N4O2S/c1-2-13-27(25,26)23-15-18-5-3-16(4-6-18)14-17-7-9-19(10-8-17)20-22-11-12-24(20)21/h3-10,23H,2,11-15,21H2,1H3. The summed E-state index contributed by atoms with van der Waals surface area (Å²) in [6.45, 7) is 3.69. The summed E-state index contributed by atoms with van der Waals surface area (Å²) in [6.07, 6.45) is 1.44. The normalized spacial score (nSPS) is 14.4. The van der Waals surface area contributed by atoms with Crippen LogP contribution in [0.4, 0.5) is 0 Å². The molecule has 1 heterocycles. The van der Waals surface area contributed by atoms with Gasteiger partial charge in [0.1, 0.15) is 5.84 Å². The molecule has 0 radical (unpaired) electrons. The van der Waals surface area contributed by atoms with Crippen molar-refractivity contribution < 1.29 is 8.42 Å². The van der Waals surface area contributed by atoms with Gasteiger partial charge in [-0.1, -0.05) is 55.5 Å². The lowest BCUT2D eigenvalue weighted by atomic mass is 10.0. The van der Waals surface area contributed by atoms with Crippen molar-refractivity contribution in [1.82, 2.24) is 9.73 Å². The van der Waals surface area contributed by atoms with Crippen molar-refractivity contribution in [3.63, 3.8) is 0 Å². The molecular weight excluding hydrogens is 360 g/mol. The number of amidine groups is 1. The van der Waals surface area contributed by atoms with Crippen molar-refractivity contribution in [3.8, 4) is 0 Å². The third-order valence-corrected chi connectivity index (χ3v) is 6.02. The van der Waals surface area contributed by atoms with Crippen LogP contribution in [0.5, 0.6) is 0 Å². The molecule has 0 unspecified atom stereocenters. The van der Waals surface area contributed by atoms with Crippen LogP contribution in [-0.4, -0.2) is 38.1 Å². The molecule has 0 saturated heterocycles. The fourth-order valence-electron chi connectivity index (χ4n) is 3.03. The smallest absolute Gasteiger partial charge is 0.211 e. The van der Waals surface area contributed by atoms with Crippen molar-refractivity contribution in [3.05, 3.63) is 70.8 Å². The van der Waals surface area contributed by atoms with Gasteiger partial charge in [-0.15, -0.1) is 0 Å². The first kappa shape index (κ1) is 19.5. The van der Waals surface area contributed by atoms with Crippen LogP contribution in [0.1, 0.15) is 35.6 Å². The van der Waals surface area contributed by atoms with E-state index < -0.39 is 10.0 Å². The molecule has 0 amide bonds. The Bertz CT molecular complexity index is 891. The molecule has 3 rings (SSSR count). The van der Waals surface area contributed by atoms with E-state index in [2.05, 4.69) is 34.0 Å². The van der Waals surface area contributed by atoms with Gasteiger partial charge in [-0.3, -0.25) is 10.0 Å². The third kappa shape index (κ3) is 5.38. The SMILES string of the molecule is CCCS(=O)(=O)NCc1ccc(Cc2ccc(C3=NCCN3N)cc2)cc1. The Kier molecular flexibility index (Phi) is 6.26. The molecule has 2 aromatic carbocycles. The van der Waals surface area contributed by atoms with Gasteiger partial charge in [0.05, 0.1) is 18.8 Å². The van der Waals surface area contributed by atoms with E-state index in [-0.39, 0.29) is 5.75 Å². The van der Waals surface area contributed by atoms with Crippen LogP contribution in [0.25, 0.3) is 0 Å². The fourth-order valence-corrected chi connectivity index (χ4v) is 4.10. The molecule has 3 N–H and O–H groups in total. The molecule has 7 heteroatoms. The molecule has 0 fully saturated rings. The Morgan fingerprint density at radius 2 is 1.63 bits per heavy atom. The molecule has 27 heavy (non-hydrogen) atoms. The minimum atomic E-state index is -3.18. The van der Waals surface area contributed by atoms with Gasteiger partial charge in [-0.2, -0.15) is 0 Å². The molecule has 0 atom stereocenters. The Morgan fingerprint density at radius 1 is 1.04 bits per heavy atom. The molecule has 6 nitrogen and oxygen atoms in total. The summed E-state index contributed by atoms with van der Waals surface area (Å²) in [4.78, 5) is 4.43. The van der Waals surface area contributed by atoms with Gasteiger partial charge in [0.2, 0.25) is 10.0 Å². The summed E-state index contributed by atoms with van der Waals surface area (Å²) < 4.78 is 26.1. The second-order valence-electron chi connectivity index (χ2n) is 6.73. The highest BCUT2D eigenvalue weighted by atomic mass is 32.2. The van der Waals surface area contributed by atoms with Crippen molar-refractivity contribution >= 4 is 15.9 Å². The van der Waals surface area contributed by atoms with E-state index in [4.69, 9.17) is 5.84 Å². The molecule has 144 valence electrons. The Balaban J connectivity index is 1.58. The minimum Gasteiger partial charge on any atom is -0.293 e. The first-order valence-corrected chi connectivity index (χ1v) is 10.8. The maximum absolute atomic E-state index is 11.7. The lowest BCUT2D eigenvalue weighted by Gasteiger charge is -2.13. The van der Waals surface area contributed by atoms with Crippen LogP contribution < -0.4 is 10.6 Å². The molecule has 0 aliphatic carbocycles. The maximum Gasteiger partial charge on any atom is 0.211 e. The Labute approximate surface area is 161 Å². The number of nitrogens with one attached hydrogen (secondary N) is 1. The van der Waals surface area contributed by atoms with Gasteiger partial charge < -0.3 is 0 Å². The topological polar surface area (TPSA) is 87.8 Å². The van der Waals surface area contributed by atoms with E-state index in [0.717, 1.165) is 36.5 Å². The van der Waals surface area contributed by atoms with E-state index in [1.54, 1.807) is 5.01 Å². The number of sulfonamides is 1. The molecule has 0 saturated carbocycles. The van der Waals surface area contributed by atoms with Crippen LogP contribution in [-0.2, 0) is 23.0 Å². The highest BCUT2D eigenvalue weighted by Crippen LogP contribution is 2.14. The van der Waals surface area contributed by atoms with Crippen LogP contribution in [0.2, 0.25) is 0 Å². The molecule has 2 aromatic rings. The maximum atomic E-state index is 11.7. The lowest BCUT2D eigenvalue weighted by Crippen LogP contribution is -2.34. The van der Waals surface area contributed by atoms with Gasteiger partial charge in [-0.25, -0.2) is 19.0 Å². The van der Waals surface area contributed by atoms with Crippen molar-refractivity contribution in [2.75, 3.05) is 18.8 Å². The second kappa shape index (κ2) is 8.65. The van der Waals surface area contributed by atoms with Crippen LogP contribution in [0, 0.1) is 0 Å². The summed E-state index contributed by atoms with van der Waals surface area (Å²) in [5.41, 5.74) is 4.38. The van der Waals surface area contributed by atoms with Gasteiger partial charge in [0.15, 0.2) is 0 Å². The first-order chi connectivity index (χ1) is 13.0. The number of hydrazine groups is 1. The number of nitrogens with zero attached hydrogens (tertiary/aromatic N) is 2. The molecule has 1 aliphatic heterocycles. The summed E-state index contributed by atoms with van der Waals surface area (Å²) in [5.74, 6) is 6.92. The van der Waals surface area contributed by atoms with Crippen LogP contribution in [0.15, 0.2) is 53.5 Å². The van der Waals surface area contributed by atoms with E-state index in [9.17, 15) is 8.42 Å². The van der Waals surface area contributed by atoms with Gasteiger partial charge in [0, 0.05) is 12.1 Å². The predicted molar refractivity (Wildman–Crippen MR) is 109 cm³/mol. The molecule has 0 bridgehead atoms. The highest BCUT2D eigenvalue weighted by molar-refractivity contribution is 7.89. The fraction of sp³-hybridized carbons (Fsp3) is 0.350. The quantitative estimate of drug-likeness (QED) is 0.680. The van der Waals surface area contributed by atoms with Crippen molar-refractivity contribution in [1.29, 1.82) is 0 Å². The third-order valence-electron chi connectivity index (χ3n) is 4.49. The largest absolute Gasteiger partial charge is 0.293 e. The van der Waals surface area contributed by atoms with Crippen LogP contribution in [0.3, 0.4) is 0 Å². The zero-order valence-electron chi connectivity index (χ0n) is 15.6. The van der Waals surface area contributed by atoms with E-state index in [0.29, 0.717) is 13.0 Å². The zero-order valence-corrected chi connectivity index (χ0v) is 16.4. The van der Waals surface area contributed by atoms with E-state index >= 15 is 0 Å². The second-order valence-corrected chi connectivity index (χ2v) is 8.66. The van der Waals surface area contributed by atoms with Gasteiger partial charge in [-0.05, 0) is 29.5 Å². The Hall–Kier alpha value is -2.22. The van der Waals surface area contributed by atoms with Crippen molar-refractivity contribution in [2.45, 2.75) is 26.3 Å². The molecule has 0 spiro atoms. The minimum absolute atomic E-state index is 0.162. The van der Waals surface area contributed by atoms with Crippen molar-refractivity contribution in [2.24, 2.45) is 10.8 Å². The average Bonchev–Trinajstić information content (AvgIpc) is 3.08. The van der Waals surface area contributed by atoms with Crippen LogP contribution >= 0.6 is 0 Å². The molecular formula is C20H26N4O2S. The monoisotopic (exact) mass is 386 g/mol. The number of aliphatic imine (C=N–C) groups is 1. The number of benzene rings is 2. The van der Waals surface area contributed by atoms with E-state index in [1.807, 2.05) is 31.2 Å². The highest BCUT2D eigenvalue weighted by Gasteiger charge is 2.14. The molecule has 1 aliphatic rings. The summed E-state index contributed by atoms with van der Waals surface area (Å²) in [5, 5.41) is 1.68.